The molecule has 0 aromatic heterocycles. The Kier molecular flexibility index (Phi) is 5.67. The Bertz CT molecular complexity index is 390. The summed E-state index contributed by atoms with van der Waals surface area (Å²) < 4.78 is 0. The number of anilines is 1. The lowest BCUT2D eigenvalue weighted by Gasteiger charge is -2.29. The summed E-state index contributed by atoms with van der Waals surface area (Å²) in [6.07, 6.45) is 0. The molecule has 1 atom stereocenters. The van der Waals surface area contributed by atoms with Crippen molar-refractivity contribution in [2.24, 2.45) is 17.6 Å². The largest absolute Gasteiger partial charge is 0.508 e. The molecular formula is C16H28N2O. The third-order valence-corrected chi connectivity index (χ3v) is 3.04. The third-order valence-electron chi connectivity index (χ3n) is 3.04. The minimum Gasteiger partial charge on any atom is -0.508 e. The van der Waals surface area contributed by atoms with Crippen LogP contribution in [0.1, 0.15) is 46.2 Å². The number of benzene rings is 1. The van der Waals surface area contributed by atoms with Crippen LogP contribution < -0.4 is 10.6 Å². The summed E-state index contributed by atoms with van der Waals surface area (Å²) in [6, 6.07) is 5.69. The van der Waals surface area contributed by atoms with Crippen molar-refractivity contribution in [3.05, 3.63) is 23.8 Å². The molecule has 3 N–H and O–H groups in total. The van der Waals surface area contributed by atoms with E-state index in [1.54, 1.807) is 0 Å². The van der Waals surface area contributed by atoms with E-state index < -0.39 is 0 Å². The van der Waals surface area contributed by atoms with Crippen molar-refractivity contribution in [1.29, 1.82) is 0 Å². The molecule has 0 aliphatic heterocycles. The maximum absolute atomic E-state index is 10.1. The molecular weight excluding hydrogens is 236 g/mol. The lowest BCUT2D eigenvalue weighted by molar-refractivity contribution is 0.463. The predicted octanol–water partition coefficient (Wildman–Crippen LogP) is 3.53. The first kappa shape index (κ1) is 15.8. The van der Waals surface area contributed by atoms with E-state index in [1.807, 2.05) is 19.1 Å². The quantitative estimate of drug-likeness (QED) is 0.826. The van der Waals surface area contributed by atoms with E-state index in [4.69, 9.17) is 5.73 Å². The molecule has 0 aliphatic carbocycles. The van der Waals surface area contributed by atoms with Gasteiger partial charge >= 0.3 is 0 Å². The van der Waals surface area contributed by atoms with E-state index in [-0.39, 0.29) is 6.04 Å². The Morgan fingerprint density at radius 3 is 1.95 bits per heavy atom. The number of phenols is 1. The number of phenolic OH excluding ortho intramolecular Hbond substituents is 1. The van der Waals surface area contributed by atoms with Gasteiger partial charge < -0.3 is 15.7 Å². The average Bonchev–Trinajstić information content (AvgIpc) is 2.26. The summed E-state index contributed by atoms with van der Waals surface area (Å²) in [5.74, 6) is 1.48. The Morgan fingerprint density at radius 1 is 1.05 bits per heavy atom. The summed E-state index contributed by atoms with van der Waals surface area (Å²) in [6.45, 7) is 12.7. The SMILES string of the molecule is CC(C)CN(CC(C)C)c1ccc(C(C)N)c(O)c1. The molecule has 0 spiro atoms. The van der Waals surface area contributed by atoms with Gasteiger partial charge in [-0.2, -0.15) is 0 Å². The van der Waals surface area contributed by atoms with Crippen molar-refractivity contribution in [2.45, 2.75) is 40.7 Å². The Labute approximate surface area is 117 Å². The van der Waals surface area contributed by atoms with E-state index in [9.17, 15) is 5.11 Å². The van der Waals surface area contributed by atoms with E-state index in [0.29, 0.717) is 17.6 Å². The number of aromatic hydroxyl groups is 1. The van der Waals surface area contributed by atoms with Gasteiger partial charge in [0.25, 0.3) is 0 Å². The van der Waals surface area contributed by atoms with E-state index in [2.05, 4.69) is 38.7 Å². The topological polar surface area (TPSA) is 49.5 Å². The molecule has 3 nitrogen and oxygen atoms in total. The van der Waals surface area contributed by atoms with Crippen LogP contribution in [0.3, 0.4) is 0 Å². The summed E-state index contributed by atoms with van der Waals surface area (Å²) >= 11 is 0. The van der Waals surface area contributed by atoms with Crippen molar-refractivity contribution >= 4 is 5.69 Å². The molecule has 0 heterocycles. The number of hydrogen-bond acceptors (Lipinski definition) is 3. The smallest absolute Gasteiger partial charge is 0.122 e. The summed E-state index contributed by atoms with van der Waals surface area (Å²) in [7, 11) is 0. The maximum Gasteiger partial charge on any atom is 0.122 e. The molecule has 0 saturated carbocycles. The Balaban J connectivity index is 2.98. The normalized spacial score (nSPS) is 13.1. The van der Waals surface area contributed by atoms with Gasteiger partial charge in [0, 0.05) is 36.4 Å². The molecule has 1 unspecified atom stereocenters. The molecule has 1 aromatic rings. The highest BCUT2D eigenvalue weighted by Gasteiger charge is 2.13. The second-order valence-electron chi connectivity index (χ2n) is 6.22. The van der Waals surface area contributed by atoms with Crippen LogP contribution in [-0.4, -0.2) is 18.2 Å². The zero-order chi connectivity index (χ0) is 14.6. The van der Waals surface area contributed by atoms with Crippen molar-refractivity contribution < 1.29 is 5.11 Å². The highest BCUT2D eigenvalue weighted by atomic mass is 16.3. The highest BCUT2D eigenvalue weighted by Crippen LogP contribution is 2.28. The molecule has 3 heteroatoms. The fourth-order valence-corrected chi connectivity index (χ4v) is 2.28. The third kappa shape index (κ3) is 4.75. The van der Waals surface area contributed by atoms with Crippen molar-refractivity contribution in [1.82, 2.24) is 0 Å². The number of nitrogens with zero attached hydrogens (tertiary/aromatic N) is 1. The standard InChI is InChI=1S/C16H28N2O/c1-11(2)9-18(10-12(3)4)14-6-7-15(13(5)17)16(19)8-14/h6-8,11-13,19H,9-10,17H2,1-5H3. The van der Waals surface area contributed by atoms with E-state index >= 15 is 0 Å². The first-order chi connectivity index (χ1) is 8.81. The maximum atomic E-state index is 10.1. The lowest BCUT2D eigenvalue weighted by Crippen LogP contribution is -2.31. The van der Waals surface area contributed by atoms with Gasteiger partial charge in [0.15, 0.2) is 0 Å². The zero-order valence-corrected chi connectivity index (χ0v) is 12.9. The van der Waals surface area contributed by atoms with Crippen LogP contribution >= 0.6 is 0 Å². The van der Waals surface area contributed by atoms with E-state index in [0.717, 1.165) is 24.3 Å². The monoisotopic (exact) mass is 264 g/mol. The number of hydrogen-bond donors (Lipinski definition) is 2. The molecule has 0 radical (unpaired) electrons. The molecule has 0 aliphatic rings. The van der Waals surface area contributed by atoms with Gasteiger partial charge in [-0.25, -0.2) is 0 Å². The lowest BCUT2D eigenvalue weighted by atomic mass is 10.1. The van der Waals surface area contributed by atoms with Gasteiger partial charge in [0.05, 0.1) is 0 Å². The molecule has 19 heavy (non-hydrogen) atoms. The minimum absolute atomic E-state index is 0.141. The van der Waals surface area contributed by atoms with Crippen LogP contribution in [0.25, 0.3) is 0 Å². The summed E-state index contributed by atoms with van der Waals surface area (Å²) in [5, 5.41) is 10.1. The van der Waals surface area contributed by atoms with Crippen LogP contribution in [0.2, 0.25) is 0 Å². The molecule has 0 fully saturated rings. The van der Waals surface area contributed by atoms with Gasteiger partial charge in [0.2, 0.25) is 0 Å². The second-order valence-corrected chi connectivity index (χ2v) is 6.22. The fourth-order valence-electron chi connectivity index (χ4n) is 2.28. The molecule has 0 amide bonds. The van der Waals surface area contributed by atoms with Crippen molar-refractivity contribution in [3.63, 3.8) is 0 Å². The Hall–Kier alpha value is -1.22. The fraction of sp³-hybridized carbons (Fsp3) is 0.625. The van der Waals surface area contributed by atoms with Gasteiger partial charge in [-0.3, -0.25) is 0 Å². The van der Waals surface area contributed by atoms with Gasteiger partial charge in [0.1, 0.15) is 5.75 Å². The van der Waals surface area contributed by atoms with Crippen LogP contribution in [0.15, 0.2) is 18.2 Å². The molecule has 108 valence electrons. The average molecular weight is 264 g/mol. The summed E-state index contributed by atoms with van der Waals surface area (Å²) in [4.78, 5) is 2.33. The first-order valence-corrected chi connectivity index (χ1v) is 7.14. The number of rotatable bonds is 6. The van der Waals surface area contributed by atoms with Crippen LogP contribution in [-0.2, 0) is 0 Å². The molecule has 1 aromatic carbocycles. The van der Waals surface area contributed by atoms with Gasteiger partial charge in [-0.05, 0) is 24.8 Å². The summed E-state index contributed by atoms with van der Waals surface area (Å²) in [5.41, 5.74) is 7.71. The molecule has 0 bridgehead atoms. The van der Waals surface area contributed by atoms with Gasteiger partial charge in [-0.15, -0.1) is 0 Å². The minimum atomic E-state index is -0.141. The molecule has 0 saturated heterocycles. The van der Waals surface area contributed by atoms with Crippen LogP contribution in [0.4, 0.5) is 5.69 Å². The Morgan fingerprint density at radius 2 is 1.58 bits per heavy atom. The number of nitrogens with two attached hydrogens (primary N) is 1. The van der Waals surface area contributed by atoms with E-state index in [1.165, 1.54) is 0 Å². The first-order valence-electron chi connectivity index (χ1n) is 7.14. The second kappa shape index (κ2) is 6.80. The van der Waals surface area contributed by atoms with Crippen LogP contribution in [0, 0.1) is 11.8 Å². The van der Waals surface area contributed by atoms with Crippen molar-refractivity contribution in [3.8, 4) is 5.75 Å². The van der Waals surface area contributed by atoms with Gasteiger partial charge in [-0.1, -0.05) is 33.8 Å². The van der Waals surface area contributed by atoms with Crippen molar-refractivity contribution in [2.75, 3.05) is 18.0 Å². The zero-order valence-electron chi connectivity index (χ0n) is 12.9. The highest BCUT2D eigenvalue weighted by molar-refractivity contribution is 5.54. The predicted molar refractivity (Wildman–Crippen MR) is 82.6 cm³/mol. The molecule has 1 rings (SSSR count). The van der Waals surface area contributed by atoms with Crippen LogP contribution in [0.5, 0.6) is 5.75 Å².